The topological polar surface area (TPSA) is 43.3 Å². The largest absolute Gasteiger partial charge is 0.327 e. The monoisotopic (exact) mass is 255 g/mol. The van der Waals surface area contributed by atoms with Crippen molar-refractivity contribution in [3.8, 4) is 0 Å². The molecule has 0 aliphatic heterocycles. The Balaban J connectivity index is 2.53. The van der Waals surface area contributed by atoms with Gasteiger partial charge in [-0.3, -0.25) is 4.40 Å². The molecule has 0 aliphatic carbocycles. The minimum atomic E-state index is 0.422. The molecule has 2 aromatic rings. The van der Waals surface area contributed by atoms with Crippen molar-refractivity contribution >= 4 is 34.0 Å². The number of nitrogens with two attached hydrogens (primary N) is 1. The molecule has 0 saturated heterocycles. The number of fused-ring (bicyclic) bond motifs is 1. The van der Waals surface area contributed by atoms with Crippen molar-refractivity contribution < 1.29 is 0 Å². The van der Waals surface area contributed by atoms with Crippen LogP contribution in [0.3, 0.4) is 0 Å². The number of rotatable bonds is 3. The van der Waals surface area contributed by atoms with E-state index >= 15 is 0 Å². The van der Waals surface area contributed by atoms with Crippen LogP contribution in [0.2, 0.25) is 5.15 Å². The first-order chi connectivity index (χ1) is 7.63. The van der Waals surface area contributed by atoms with Crippen molar-refractivity contribution in [1.29, 1.82) is 0 Å². The molecule has 0 fully saturated rings. The Labute approximate surface area is 104 Å². The van der Waals surface area contributed by atoms with Gasteiger partial charge in [-0.05, 0) is 12.0 Å². The second-order valence-electron chi connectivity index (χ2n) is 3.92. The summed E-state index contributed by atoms with van der Waals surface area (Å²) < 4.78 is 1.99. The SMILES string of the molecule is CC(C)C(=Cc1c(Cl)nc2sccn12)CN. The molecular formula is C11H14ClN3S. The minimum Gasteiger partial charge on any atom is -0.327 e. The van der Waals surface area contributed by atoms with Gasteiger partial charge in [-0.1, -0.05) is 31.0 Å². The van der Waals surface area contributed by atoms with Crippen LogP contribution in [-0.2, 0) is 0 Å². The molecule has 2 aromatic heterocycles. The molecular weight excluding hydrogens is 242 g/mol. The lowest BCUT2D eigenvalue weighted by Gasteiger charge is -2.08. The Morgan fingerprint density at radius 1 is 1.69 bits per heavy atom. The molecule has 0 spiro atoms. The van der Waals surface area contributed by atoms with E-state index in [0.717, 1.165) is 10.7 Å². The quantitative estimate of drug-likeness (QED) is 0.916. The summed E-state index contributed by atoms with van der Waals surface area (Å²) in [5, 5.41) is 2.53. The molecule has 0 radical (unpaired) electrons. The molecule has 16 heavy (non-hydrogen) atoms. The van der Waals surface area contributed by atoms with Gasteiger partial charge in [0.1, 0.15) is 0 Å². The lowest BCUT2D eigenvalue weighted by molar-refractivity contribution is 0.752. The van der Waals surface area contributed by atoms with Gasteiger partial charge in [0.15, 0.2) is 10.1 Å². The van der Waals surface area contributed by atoms with Crippen LogP contribution in [-0.4, -0.2) is 15.9 Å². The highest BCUT2D eigenvalue weighted by Crippen LogP contribution is 2.24. The maximum absolute atomic E-state index is 6.10. The van der Waals surface area contributed by atoms with Gasteiger partial charge in [-0.25, -0.2) is 4.98 Å². The standard InChI is InChI=1S/C11H14ClN3S/c1-7(2)8(6-13)5-9-10(12)14-11-15(9)3-4-16-11/h3-5,7H,6,13H2,1-2H3. The molecule has 2 N–H and O–H groups in total. The molecule has 2 rings (SSSR count). The lowest BCUT2D eigenvalue weighted by Crippen LogP contribution is -2.08. The highest BCUT2D eigenvalue weighted by atomic mass is 35.5. The molecule has 0 aliphatic rings. The molecule has 86 valence electrons. The smallest absolute Gasteiger partial charge is 0.195 e. The van der Waals surface area contributed by atoms with Crippen molar-refractivity contribution in [1.82, 2.24) is 9.38 Å². The molecule has 0 saturated carbocycles. The zero-order valence-corrected chi connectivity index (χ0v) is 10.8. The van der Waals surface area contributed by atoms with Crippen LogP contribution >= 0.6 is 22.9 Å². The van der Waals surface area contributed by atoms with Crippen molar-refractivity contribution in [2.45, 2.75) is 13.8 Å². The summed E-state index contributed by atoms with van der Waals surface area (Å²) in [6.07, 6.45) is 4.01. The summed E-state index contributed by atoms with van der Waals surface area (Å²) in [6, 6.07) is 0. The zero-order valence-electron chi connectivity index (χ0n) is 9.27. The first kappa shape index (κ1) is 11.6. The summed E-state index contributed by atoms with van der Waals surface area (Å²) in [5.41, 5.74) is 7.82. The molecule has 5 heteroatoms. The maximum atomic E-state index is 6.10. The van der Waals surface area contributed by atoms with E-state index in [9.17, 15) is 0 Å². The van der Waals surface area contributed by atoms with Crippen molar-refractivity contribution in [2.75, 3.05) is 6.54 Å². The van der Waals surface area contributed by atoms with E-state index < -0.39 is 0 Å². The third-order valence-corrected chi connectivity index (χ3v) is 3.59. The van der Waals surface area contributed by atoms with Crippen LogP contribution in [0.25, 0.3) is 11.0 Å². The van der Waals surface area contributed by atoms with E-state index in [1.54, 1.807) is 11.3 Å². The summed E-state index contributed by atoms with van der Waals surface area (Å²) in [4.78, 5) is 5.19. The van der Waals surface area contributed by atoms with Crippen molar-refractivity contribution in [2.24, 2.45) is 11.7 Å². The van der Waals surface area contributed by atoms with Crippen LogP contribution in [0, 0.1) is 5.92 Å². The molecule has 0 bridgehead atoms. The molecule has 0 aromatic carbocycles. The number of thiazole rings is 1. The van der Waals surface area contributed by atoms with E-state index in [0.29, 0.717) is 17.6 Å². The number of nitrogens with zero attached hydrogens (tertiary/aromatic N) is 2. The number of hydrogen-bond acceptors (Lipinski definition) is 3. The number of hydrogen-bond donors (Lipinski definition) is 1. The molecule has 3 nitrogen and oxygen atoms in total. The third-order valence-electron chi connectivity index (χ3n) is 2.55. The van der Waals surface area contributed by atoms with Gasteiger partial charge in [0.05, 0.1) is 5.69 Å². The summed E-state index contributed by atoms with van der Waals surface area (Å²) >= 11 is 7.68. The lowest BCUT2D eigenvalue weighted by atomic mass is 10.0. The van der Waals surface area contributed by atoms with Gasteiger partial charge in [0, 0.05) is 18.1 Å². The van der Waals surface area contributed by atoms with Gasteiger partial charge >= 0.3 is 0 Å². The third kappa shape index (κ3) is 2.00. The van der Waals surface area contributed by atoms with Crippen molar-refractivity contribution in [3.05, 3.63) is 28.0 Å². The van der Waals surface area contributed by atoms with E-state index in [1.165, 1.54) is 5.57 Å². The van der Waals surface area contributed by atoms with Crippen LogP contribution in [0.15, 0.2) is 17.2 Å². The number of halogens is 1. The first-order valence-electron chi connectivity index (χ1n) is 5.15. The second-order valence-corrected chi connectivity index (χ2v) is 5.15. The van der Waals surface area contributed by atoms with Gasteiger partial charge in [0.2, 0.25) is 0 Å². The van der Waals surface area contributed by atoms with Gasteiger partial charge in [-0.2, -0.15) is 0 Å². The fourth-order valence-corrected chi connectivity index (χ4v) is 2.54. The van der Waals surface area contributed by atoms with E-state index in [4.69, 9.17) is 17.3 Å². The van der Waals surface area contributed by atoms with Gasteiger partial charge in [-0.15, -0.1) is 11.3 Å². The summed E-state index contributed by atoms with van der Waals surface area (Å²) in [7, 11) is 0. The Hall–Kier alpha value is -0.840. The molecule has 0 atom stereocenters. The van der Waals surface area contributed by atoms with E-state index in [1.807, 2.05) is 22.1 Å². The first-order valence-corrected chi connectivity index (χ1v) is 6.40. The van der Waals surface area contributed by atoms with Crippen LogP contribution in [0.5, 0.6) is 0 Å². The average Bonchev–Trinajstić information content (AvgIpc) is 2.75. The van der Waals surface area contributed by atoms with Crippen LogP contribution in [0.1, 0.15) is 19.5 Å². The Bertz CT molecular complexity index is 524. The highest BCUT2D eigenvalue weighted by molar-refractivity contribution is 7.15. The predicted molar refractivity (Wildman–Crippen MR) is 69.9 cm³/mol. The fraction of sp³-hybridized carbons (Fsp3) is 0.364. The van der Waals surface area contributed by atoms with Crippen molar-refractivity contribution in [3.63, 3.8) is 0 Å². The molecule has 0 amide bonds. The van der Waals surface area contributed by atoms with Crippen LogP contribution in [0.4, 0.5) is 0 Å². The summed E-state index contributed by atoms with van der Waals surface area (Å²) in [5.74, 6) is 0.422. The summed E-state index contributed by atoms with van der Waals surface area (Å²) in [6.45, 7) is 4.79. The Morgan fingerprint density at radius 2 is 2.44 bits per heavy atom. The second kappa shape index (κ2) is 4.57. The number of aromatic nitrogens is 2. The Kier molecular flexibility index (Phi) is 3.33. The van der Waals surface area contributed by atoms with E-state index in [-0.39, 0.29) is 0 Å². The zero-order chi connectivity index (χ0) is 11.7. The van der Waals surface area contributed by atoms with Gasteiger partial charge < -0.3 is 5.73 Å². The minimum absolute atomic E-state index is 0.422. The Morgan fingerprint density at radius 3 is 3.06 bits per heavy atom. The average molecular weight is 256 g/mol. The predicted octanol–water partition coefficient (Wildman–Crippen LogP) is 3.05. The highest BCUT2D eigenvalue weighted by Gasteiger charge is 2.10. The number of imidazole rings is 1. The van der Waals surface area contributed by atoms with Gasteiger partial charge in [0.25, 0.3) is 0 Å². The maximum Gasteiger partial charge on any atom is 0.195 e. The fourth-order valence-electron chi connectivity index (χ4n) is 1.54. The molecule has 0 unspecified atom stereocenters. The molecule has 2 heterocycles. The van der Waals surface area contributed by atoms with E-state index in [2.05, 4.69) is 18.8 Å². The normalized spacial score (nSPS) is 12.9. The van der Waals surface area contributed by atoms with Crippen LogP contribution < -0.4 is 5.73 Å².